The van der Waals surface area contributed by atoms with E-state index in [4.69, 9.17) is 9.47 Å². The van der Waals surface area contributed by atoms with Crippen LogP contribution in [0.2, 0.25) is 0 Å². The molecular formula is C30H28F2O2S2. The topological polar surface area (TPSA) is 18.5 Å². The van der Waals surface area contributed by atoms with E-state index in [2.05, 4.69) is 0 Å². The van der Waals surface area contributed by atoms with Crippen LogP contribution in [0.5, 0.6) is 0 Å². The van der Waals surface area contributed by atoms with Crippen molar-refractivity contribution in [3.05, 3.63) is 132 Å². The van der Waals surface area contributed by atoms with Gasteiger partial charge in [-0.2, -0.15) is 0 Å². The Morgan fingerprint density at radius 2 is 0.944 bits per heavy atom. The second kappa shape index (κ2) is 14.2. The summed E-state index contributed by atoms with van der Waals surface area (Å²) in [5.41, 5.74) is 2.13. The first kappa shape index (κ1) is 26.4. The van der Waals surface area contributed by atoms with Crippen LogP contribution in [0.15, 0.2) is 119 Å². The van der Waals surface area contributed by atoms with E-state index in [0.29, 0.717) is 24.7 Å². The van der Waals surface area contributed by atoms with E-state index in [1.165, 1.54) is 47.8 Å². The molecule has 6 heteroatoms. The maximum Gasteiger partial charge on any atom is 0.124 e. The third kappa shape index (κ3) is 8.79. The van der Waals surface area contributed by atoms with Gasteiger partial charge in [-0.05, 0) is 47.5 Å². The summed E-state index contributed by atoms with van der Waals surface area (Å²) in [6, 6.07) is 33.1. The Morgan fingerprint density at radius 3 is 1.33 bits per heavy atom. The SMILES string of the molecule is Fc1cccc(SC[C@H](OCc2ccccc2)[C@H](CSc2cccc(F)c2)OCc2ccccc2)c1. The van der Waals surface area contributed by atoms with Gasteiger partial charge in [-0.3, -0.25) is 0 Å². The summed E-state index contributed by atoms with van der Waals surface area (Å²) in [5.74, 6) is 0.638. The van der Waals surface area contributed by atoms with Gasteiger partial charge in [0.05, 0.1) is 25.4 Å². The molecule has 186 valence electrons. The zero-order chi connectivity index (χ0) is 25.0. The van der Waals surface area contributed by atoms with Crippen molar-refractivity contribution in [3.63, 3.8) is 0 Å². The quantitative estimate of drug-likeness (QED) is 0.165. The van der Waals surface area contributed by atoms with Gasteiger partial charge in [-0.1, -0.05) is 72.8 Å². The molecular weight excluding hydrogens is 494 g/mol. The van der Waals surface area contributed by atoms with Crippen molar-refractivity contribution in [2.75, 3.05) is 11.5 Å². The zero-order valence-corrected chi connectivity index (χ0v) is 21.4. The number of rotatable bonds is 13. The van der Waals surface area contributed by atoms with Gasteiger partial charge in [-0.15, -0.1) is 23.5 Å². The normalized spacial score (nSPS) is 12.8. The lowest BCUT2D eigenvalue weighted by Crippen LogP contribution is -2.36. The molecule has 0 aliphatic rings. The minimum absolute atomic E-state index is 0.264. The zero-order valence-electron chi connectivity index (χ0n) is 19.8. The van der Waals surface area contributed by atoms with E-state index in [-0.39, 0.29) is 23.8 Å². The lowest BCUT2D eigenvalue weighted by Gasteiger charge is -2.28. The Hall–Kier alpha value is -2.64. The second-order valence-electron chi connectivity index (χ2n) is 8.21. The third-order valence-corrected chi connectivity index (χ3v) is 7.61. The molecule has 0 fully saturated rings. The van der Waals surface area contributed by atoms with Crippen molar-refractivity contribution in [1.29, 1.82) is 0 Å². The van der Waals surface area contributed by atoms with Crippen LogP contribution < -0.4 is 0 Å². The van der Waals surface area contributed by atoms with Crippen molar-refractivity contribution in [2.24, 2.45) is 0 Å². The molecule has 0 saturated carbocycles. The fraction of sp³-hybridized carbons (Fsp3) is 0.200. The smallest absolute Gasteiger partial charge is 0.124 e. The highest BCUT2D eigenvalue weighted by Crippen LogP contribution is 2.27. The van der Waals surface area contributed by atoms with Crippen molar-refractivity contribution < 1.29 is 18.3 Å². The first-order chi connectivity index (χ1) is 17.7. The summed E-state index contributed by atoms with van der Waals surface area (Å²) in [6.07, 6.45) is -0.550. The van der Waals surface area contributed by atoms with Crippen LogP contribution in [0, 0.1) is 11.6 Å². The number of benzene rings is 4. The minimum Gasteiger partial charge on any atom is -0.370 e. The van der Waals surface area contributed by atoms with Crippen LogP contribution in [0.25, 0.3) is 0 Å². The number of halogens is 2. The summed E-state index contributed by atoms with van der Waals surface area (Å²) in [6.45, 7) is 0.871. The second-order valence-corrected chi connectivity index (χ2v) is 10.4. The van der Waals surface area contributed by atoms with E-state index in [1.807, 2.05) is 72.8 Å². The highest BCUT2D eigenvalue weighted by atomic mass is 32.2. The van der Waals surface area contributed by atoms with Gasteiger partial charge in [0.25, 0.3) is 0 Å². The average Bonchev–Trinajstić information content (AvgIpc) is 2.90. The minimum atomic E-state index is -0.275. The van der Waals surface area contributed by atoms with Crippen molar-refractivity contribution in [1.82, 2.24) is 0 Å². The molecule has 0 aliphatic carbocycles. The molecule has 36 heavy (non-hydrogen) atoms. The maximum absolute atomic E-state index is 13.8. The molecule has 0 amide bonds. The number of ether oxygens (including phenoxy) is 2. The monoisotopic (exact) mass is 522 g/mol. The Bertz CT molecular complexity index is 1100. The lowest BCUT2D eigenvalue weighted by atomic mass is 10.2. The molecule has 4 aromatic rings. The Kier molecular flexibility index (Phi) is 10.4. The van der Waals surface area contributed by atoms with Gasteiger partial charge in [-0.25, -0.2) is 8.78 Å². The van der Waals surface area contributed by atoms with Crippen LogP contribution in [0.4, 0.5) is 8.78 Å². The maximum atomic E-state index is 13.8. The van der Waals surface area contributed by atoms with E-state index in [0.717, 1.165) is 20.9 Å². The van der Waals surface area contributed by atoms with Crippen molar-refractivity contribution >= 4 is 23.5 Å². The fourth-order valence-corrected chi connectivity index (χ4v) is 5.63. The molecule has 0 saturated heterocycles. The molecule has 0 aliphatic heterocycles. The van der Waals surface area contributed by atoms with Crippen molar-refractivity contribution in [2.45, 2.75) is 35.2 Å². The average molecular weight is 523 g/mol. The fourth-order valence-electron chi connectivity index (χ4n) is 3.55. The molecule has 2 nitrogen and oxygen atoms in total. The number of hydrogen-bond donors (Lipinski definition) is 0. The first-order valence-corrected chi connectivity index (χ1v) is 13.7. The van der Waals surface area contributed by atoms with E-state index < -0.39 is 0 Å². The van der Waals surface area contributed by atoms with Gasteiger partial charge >= 0.3 is 0 Å². The molecule has 0 heterocycles. The van der Waals surface area contributed by atoms with Gasteiger partial charge in [0, 0.05) is 21.3 Å². The predicted octanol–water partition coefficient (Wildman–Crippen LogP) is 8.02. The lowest BCUT2D eigenvalue weighted by molar-refractivity contribution is -0.0641. The van der Waals surface area contributed by atoms with Crippen LogP contribution >= 0.6 is 23.5 Å². The first-order valence-electron chi connectivity index (χ1n) is 11.7. The molecule has 0 radical (unpaired) electrons. The molecule has 0 spiro atoms. The van der Waals surface area contributed by atoms with Crippen molar-refractivity contribution in [3.8, 4) is 0 Å². The number of thioether (sulfide) groups is 2. The Balaban J connectivity index is 1.51. The van der Waals surface area contributed by atoms with Gasteiger partial charge < -0.3 is 9.47 Å². The summed E-state index contributed by atoms with van der Waals surface area (Å²) >= 11 is 3.08. The molecule has 2 atom stereocenters. The molecule has 0 unspecified atom stereocenters. The predicted molar refractivity (Wildman–Crippen MR) is 144 cm³/mol. The largest absolute Gasteiger partial charge is 0.370 e. The van der Waals surface area contributed by atoms with Crippen LogP contribution in [0.1, 0.15) is 11.1 Å². The van der Waals surface area contributed by atoms with Gasteiger partial charge in [0.2, 0.25) is 0 Å². The summed E-state index contributed by atoms with van der Waals surface area (Å²) in [7, 11) is 0. The summed E-state index contributed by atoms with van der Waals surface area (Å²) < 4.78 is 40.4. The summed E-state index contributed by atoms with van der Waals surface area (Å²) in [4.78, 5) is 1.67. The number of hydrogen-bond acceptors (Lipinski definition) is 4. The third-order valence-electron chi connectivity index (χ3n) is 5.45. The Labute approximate surface area is 220 Å². The molecule has 4 aromatic carbocycles. The van der Waals surface area contributed by atoms with Crippen LogP contribution in [-0.2, 0) is 22.7 Å². The Morgan fingerprint density at radius 1 is 0.528 bits per heavy atom. The molecule has 4 rings (SSSR count). The summed E-state index contributed by atoms with van der Waals surface area (Å²) in [5, 5.41) is 0. The standard InChI is InChI=1S/C30H28F2O2S2/c31-25-13-7-15-27(17-25)35-21-29(33-19-23-9-3-1-4-10-23)30(34-20-24-11-5-2-6-12-24)22-36-28-16-8-14-26(32)18-28/h1-18,29-30H,19-22H2/t29-,30-/m0/s1. The van der Waals surface area contributed by atoms with Gasteiger partial charge in [0.1, 0.15) is 11.6 Å². The van der Waals surface area contributed by atoms with Crippen LogP contribution in [0.3, 0.4) is 0 Å². The van der Waals surface area contributed by atoms with Crippen LogP contribution in [-0.4, -0.2) is 23.7 Å². The van der Waals surface area contributed by atoms with E-state index in [1.54, 1.807) is 12.1 Å². The molecule has 0 aromatic heterocycles. The molecule has 0 bridgehead atoms. The highest BCUT2D eigenvalue weighted by Gasteiger charge is 2.25. The molecule has 0 N–H and O–H groups in total. The van der Waals surface area contributed by atoms with Gasteiger partial charge in [0.15, 0.2) is 0 Å². The van der Waals surface area contributed by atoms with E-state index >= 15 is 0 Å². The van der Waals surface area contributed by atoms with E-state index in [9.17, 15) is 8.78 Å². The highest BCUT2D eigenvalue weighted by molar-refractivity contribution is 7.99.